The first kappa shape index (κ1) is 22.1. The fourth-order valence-corrected chi connectivity index (χ4v) is 3.78. The smallest absolute Gasteiger partial charge is 0.291 e. The Morgan fingerprint density at radius 1 is 1.00 bits per heavy atom. The number of aromatic nitrogens is 1. The third-order valence-corrected chi connectivity index (χ3v) is 5.76. The number of benzene rings is 3. The molecular weight excluding hydrogens is 446 g/mol. The second-order valence-corrected chi connectivity index (χ2v) is 8.13. The van der Waals surface area contributed by atoms with Gasteiger partial charge >= 0.3 is 0 Å². The predicted molar refractivity (Wildman–Crippen MR) is 132 cm³/mol. The summed E-state index contributed by atoms with van der Waals surface area (Å²) in [4.78, 5) is 28.1. The zero-order valence-electron chi connectivity index (χ0n) is 19.1. The molecule has 0 aliphatic rings. The number of hydrogen-bond donors (Lipinski definition) is 1. The highest BCUT2D eigenvalue weighted by atomic mass is 16.6. The molecule has 0 aliphatic heterocycles. The van der Waals surface area contributed by atoms with E-state index in [4.69, 9.17) is 8.83 Å². The van der Waals surface area contributed by atoms with Crippen LogP contribution in [-0.2, 0) is 6.42 Å². The summed E-state index contributed by atoms with van der Waals surface area (Å²) < 4.78 is 11.6. The monoisotopic (exact) mass is 467 g/mol. The molecule has 2 heterocycles. The molecule has 1 N–H and O–H groups in total. The van der Waals surface area contributed by atoms with Gasteiger partial charge in [-0.05, 0) is 60.9 Å². The van der Waals surface area contributed by atoms with E-state index >= 15 is 0 Å². The van der Waals surface area contributed by atoms with Crippen molar-refractivity contribution in [2.24, 2.45) is 0 Å². The number of oxazole rings is 1. The van der Waals surface area contributed by atoms with Gasteiger partial charge in [-0.2, -0.15) is 0 Å². The molecule has 1 amide bonds. The van der Waals surface area contributed by atoms with E-state index in [9.17, 15) is 14.9 Å². The van der Waals surface area contributed by atoms with Gasteiger partial charge in [0.1, 0.15) is 11.3 Å². The number of carbonyl (C=O) groups is 1. The van der Waals surface area contributed by atoms with Crippen LogP contribution in [0, 0.1) is 17.0 Å². The summed E-state index contributed by atoms with van der Waals surface area (Å²) in [5.74, 6) is 0.481. The molecule has 3 aromatic carbocycles. The van der Waals surface area contributed by atoms with E-state index in [2.05, 4.69) is 17.2 Å². The quantitative estimate of drug-likeness (QED) is 0.217. The van der Waals surface area contributed by atoms with Gasteiger partial charge in [0.05, 0.1) is 4.92 Å². The van der Waals surface area contributed by atoms with Gasteiger partial charge in [0.2, 0.25) is 5.89 Å². The maximum absolute atomic E-state index is 12.9. The van der Waals surface area contributed by atoms with Gasteiger partial charge in [-0.25, -0.2) is 4.98 Å². The number of nitrogens with zero attached hydrogens (tertiary/aromatic N) is 2. The lowest BCUT2D eigenvalue weighted by Gasteiger charge is -2.08. The van der Waals surface area contributed by atoms with E-state index in [1.54, 1.807) is 18.2 Å². The largest absolute Gasteiger partial charge is 0.451 e. The zero-order valence-corrected chi connectivity index (χ0v) is 19.1. The van der Waals surface area contributed by atoms with Crippen molar-refractivity contribution in [2.75, 3.05) is 5.32 Å². The van der Waals surface area contributed by atoms with E-state index in [-0.39, 0.29) is 11.4 Å². The Labute approximate surface area is 200 Å². The van der Waals surface area contributed by atoms with Crippen LogP contribution in [-0.4, -0.2) is 15.8 Å². The van der Waals surface area contributed by atoms with Gasteiger partial charge in [-0.15, -0.1) is 0 Å². The minimum Gasteiger partial charge on any atom is -0.451 e. The van der Waals surface area contributed by atoms with Crippen LogP contribution < -0.4 is 5.32 Å². The molecule has 0 unspecified atom stereocenters. The summed E-state index contributed by atoms with van der Waals surface area (Å²) in [6, 6.07) is 20.7. The standard InChI is InChI=1S/C27H21N3O5/c1-3-17-8-10-24-22(13-17)29-27(35-24)19-9-7-16(2)21(15-19)28-26(31)25-12-11-23(34-25)18-5-4-6-20(14-18)30(32)33/h4-15H,3H2,1-2H3,(H,28,31). The summed E-state index contributed by atoms with van der Waals surface area (Å²) in [5, 5.41) is 13.9. The van der Waals surface area contributed by atoms with Crippen molar-refractivity contribution in [2.45, 2.75) is 20.3 Å². The molecule has 0 spiro atoms. The summed E-state index contributed by atoms with van der Waals surface area (Å²) in [6.07, 6.45) is 0.911. The normalized spacial score (nSPS) is 11.0. The van der Waals surface area contributed by atoms with Crippen LogP contribution in [0.15, 0.2) is 81.6 Å². The first-order chi connectivity index (χ1) is 16.9. The number of nitro groups is 1. The SMILES string of the molecule is CCc1ccc2oc(-c3ccc(C)c(NC(=O)c4ccc(-c5cccc([N+](=O)[O-])c5)o4)c3)nc2c1. The van der Waals surface area contributed by atoms with Crippen molar-refractivity contribution in [1.82, 2.24) is 4.98 Å². The molecule has 0 saturated carbocycles. The van der Waals surface area contributed by atoms with Gasteiger partial charge < -0.3 is 14.2 Å². The molecule has 8 nitrogen and oxygen atoms in total. The van der Waals surface area contributed by atoms with Crippen LogP contribution in [0.25, 0.3) is 33.9 Å². The molecular formula is C27H21N3O5. The molecule has 35 heavy (non-hydrogen) atoms. The van der Waals surface area contributed by atoms with Gasteiger partial charge in [-0.1, -0.05) is 31.2 Å². The predicted octanol–water partition coefficient (Wildman–Crippen LogP) is 6.79. The number of amides is 1. The van der Waals surface area contributed by atoms with Gasteiger partial charge in [0.25, 0.3) is 11.6 Å². The number of aryl methyl sites for hydroxylation is 2. The van der Waals surface area contributed by atoms with E-state index in [0.29, 0.717) is 28.5 Å². The van der Waals surface area contributed by atoms with Crippen LogP contribution in [0.3, 0.4) is 0 Å². The van der Waals surface area contributed by atoms with Crippen molar-refractivity contribution >= 4 is 28.4 Å². The summed E-state index contributed by atoms with van der Waals surface area (Å²) in [7, 11) is 0. The summed E-state index contributed by atoms with van der Waals surface area (Å²) >= 11 is 0. The average Bonchev–Trinajstić information content (AvgIpc) is 3.52. The second-order valence-electron chi connectivity index (χ2n) is 8.13. The fraction of sp³-hybridized carbons (Fsp3) is 0.111. The molecule has 0 radical (unpaired) electrons. The van der Waals surface area contributed by atoms with E-state index < -0.39 is 10.8 Å². The maximum atomic E-state index is 12.9. The van der Waals surface area contributed by atoms with Crippen LogP contribution in [0.4, 0.5) is 11.4 Å². The van der Waals surface area contributed by atoms with Crippen molar-refractivity contribution in [3.05, 3.63) is 99.8 Å². The van der Waals surface area contributed by atoms with Crippen molar-refractivity contribution in [3.8, 4) is 22.8 Å². The Balaban J connectivity index is 1.39. The molecule has 0 saturated heterocycles. The highest BCUT2D eigenvalue weighted by Gasteiger charge is 2.17. The van der Waals surface area contributed by atoms with Crippen molar-refractivity contribution in [1.29, 1.82) is 0 Å². The number of non-ortho nitro benzene ring substituents is 1. The fourth-order valence-electron chi connectivity index (χ4n) is 3.78. The molecule has 5 aromatic rings. The highest BCUT2D eigenvalue weighted by molar-refractivity contribution is 6.03. The van der Waals surface area contributed by atoms with Gasteiger partial charge in [0, 0.05) is 28.9 Å². The lowest BCUT2D eigenvalue weighted by Crippen LogP contribution is -2.11. The molecule has 2 aromatic heterocycles. The van der Waals surface area contributed by atoms with Crippen molar-refractivity contribution < 1.29 is 18.6 Å². The number of carbonyl (C=O) groups excluding carboxylic acids is 1. The molecule has 0 atom stereocenters. The summed E-state index contributed by atoms with van der Waals surface area (Å²) in [5.41, 5.74) is 5.31. The average molecular weight is 467 g/mol. The number of anilines is 1. The van der Waals surface area contributed by atoms with E-state index in [1.165, 1.54) is 23.8 Å². The van der Waals surface area contributed by atoms with Gasteiger partial charge in [-0.3, -0.25) is 14.9 Å². The number of nitro benzene ring substituents is 1. The van der Waals surface area contributed by atoms with E-state index in [1.807, 2.05) is 43.3 Å². The Morgan fingerprint density at radius 3 is 2.66 bits per heavy atom. The third kappa shape index (κ3) is 4.41. The highest BCUT2D eigenvalue weighted by Crippen LogP contribution is 2.30. The number of furan rings is 1. The zero-order chi connectivity index (χ0) is 24.5. The Hall–Kier alpha value is -4.72. The topological polar surface area (TPSA) is 111 Å². The maximum Gasteiger partial charge on any atom is 0.291 e. The van der Waals surface area contributed by atoms with Crippen LogP contribution in [0.5, 0.6) is 0 Å². The van der Waals surface area contributed by atoms with Crippen molar-refractivity contribution in [3.63, 3.8) is 0 Å². The second kappa shape index (κ2) is 8.90. The lowest BCUT2D eigenvalue weighted by atomic mass is 10.1. The Bertz CT molecular complexity index is 1580. The molecule has 0 aliphatic carbocycles. The van der Waals surface area contributed by atoms with Crippen LogP contribution >= 0.6 is 0 Å². The molecule has 8 heteroatoms. The lowest BCUT2D eigenvalue weighted by molar-refractivity contribution is -0.384. The Kier molecular flexibility index (Phi) is 5.62. The number of fused-ring (bicyclic) bond motifs is 1. The number of nitrogens with one attached hydrogen (secondary N) is 1. The van der Waals surface area contributed by atoms with Crippen LogP contribution in [0.1, 0.15) is 28.6 Å². The Morgan fingerprint density at radius 2 is 1.86 bits per heavy atom. The summed E-state index contributed by atoms with van der Waals surface area (Å²) in [6.45, 7) is 3.97. The first-order valence-corrected chi connectivity index (χ1v) is 11.1. The third-order valence-electron chi connectivity index (χ3n) is 5.76. The minimum atomic E-state index is -0.477. The van der Waals surface area contributed by atoms with Gasteiger partial charge in [0.15, 0.2) is 11.3 Å². The van der Waals surface area contributed by atoms with Crippen LogP contribution in [0.2, 0.25) is 0 Å². The number of hydrogen-bond acceptors (Lipinski definition) is 6. The molecule has 174 valence electrons. The minimum absolute atomic E-state index is 0.0533. The number of rotatable bonds is 6. The van der Waals surface area contributed by atoms with E-state index in [0.717, 1.165) is 23.1 Å². The molecule has 0 fully saturated rings. The molecule has 0 bridgehead atoms. The molecule has 5 rings (SSSR count). The first-order valence-electron chi connectivity index (χ1n) is 11.1.